The number of methoxy groups -OCH3 is 1. The number of ether oxygens (including phenoxy) is 1. The number of sulfonamides is 1. The molecule has 25 heavy (non-hydrogen) atoms. The Morgan fingerprint density at radius 2 is 1.88 bits per heavy atom. The third-order valence-corrected chi connectivity index (χ3v) is 5.15. The maximum atomic E-state index is 12.2. The van der Waals surface area contributed by atoms with E-state index < -0.39 is 10.0 Å². The maximum absolute atomic E-state index is 12.2. The number of carbonyl (C=O) groups excluding carboxylic acids is 1. The highest BCUT2D eigenvalue weighted by atomic mass is 32.2. The van der Waals surface area contributed by atoms with E-state index in [2.05, 4.69) is 10.0 Å². The lowest BCUT2D eigenvalue weighted by molar-refractivity contribution is 0.0953. The van der Waals surface area contributed by atoms with E-state index in [-0.39, 0.29) is 10.8 Å². The van der Waals surface area contributed by atoms with Gasteiger partial charge in [-0.05, 0) is 55.8 Å². The highest BCUT2D eigenvalue weighted by Gasteiger charge is 2.13. The summed E-state index contributed by atoms with van der Waals surface area (Å²) in [6.07, 6.45) is 1.58. The highest BCUT2D eigenvalue weighted by molar-refractivity contribution is 7.89. The van der Waals surface area contributed by atoms with Gasteiger partial charge >= 0.3 is 0 Å². The molecule has 0 saturated heterocycles. The minimum atomic E-state index is -3.56. The quantitative estimate of drug-likeness (QED) is 0.703. The third kappa shape index (κ3) is 5.30. The van der Waals surface area contributed by atoms with Gasteiger partial charge in [-0.25, -0.2) is 13.1 Å². The molecule has 7 heteroatoms. The number of amides is 1. The number of hydrogen-bond acceptors (Lipinski definition) is 4. The topological polar surface area (TPSA) is 84.5 Å². The third-order valence-electron chi connectivity index (χ3n) is 3.74. The molecule has 0 aliphatic rings. The van der Waals surface area contributed by atoms with E-state index in [1.54, 1.807) is 19.2 Å². The molecule has 0 spiro atoms. The SMILES string of the molecule is CNS(=O)(=O)c1cccc(C(=O)NCCCc2cccc(OC)c2)c1. The molecule has 2 rings (SSSR count). The van der Waals surface area contributed by atoms with E-state index >= 15 is 0 Å². The average molecular weight is 362 g/mol. The molecule has 134 valence electrons. The minimum absolute atomic E-state index is 0.0685. The Morgan fingerprint density at radius 3 is 2.60 bits per heavy atom. The second-order valence-electron chi connectivity index (χ2n) is 5.45. The highest BCUT2D eigenvalue weighted by Crippen LogP contribution is 2.14. The van der Waals surface area contributed by atoms with Gasteiger partial charge in [-0.15, -0.1) is 0 Å². The normalized spacial score (nSPS) is 11.1. The molecule has 0 unspecified atom stereocenters. The van der Waals surface area contributed by atoms with Crippen molar-refractivity contribution >= 4 is 15.9 Å². The molecule has 0 aliphatic heterocycles. The minimum Gasteiger partial charge on any atom is -0.497 e. The van der Waals surface area contributed by atoms with Crippen LogP contribution in [0.2, 0.25) is 0 Å². The van der Waals surface area contributed by atoms with Crippen molar-refractivity contribution in [1.82, 2.24) is 10.0 Å². The lowest BCUT2D eigenvalue weighted by atomic mass is 10.1. The summed E-state index contributed by atoms with van der Waals surface area (Å²) in [5.41, 5.74) is 1.45. The first-order chi connectivity index (χ1) is 12.0. The molecule has 0 bridgehead atoms. The molecule has 6 nitrogen and oxygen atoms in total. The van der Waals surface area contributed by atoms with Crippen LogP contribution >= 0.6 is 0 Å². The molecule has 2 N–H and O–H groups in total. The fraction of sp³-hybridized carbons (Fsp3) is 0.278. The van der Waals surface area contributed by atoms with Gasteiger partial charge in [0.1, 0.15) is 5.75 Å². The second kappa shape index (κ2) is 8.64. The van der Waals surface area contributed by atoms with Crippen LogP contribution < -0.4 is 14.8 Å². The monoisotopic (exact) mass is 362 g/mol. The number of rotatable bonds is 8. The van der Waals surface area contributed by atoms with Crippen molar-refractivity contribution in [3.8, 4) is 5.75 Å². The second-order valence-corrected chi connectivity index (χ2v) is 7.33. The van der Waals surface area contributed by atoms with Crippen molar-refractivity contribution in [2.75, 3.05) is 20.7 Å². The van der Waals surface area contributed by atoms with Gasteiger partial charge in [-0.3, -0.25) is 4.79 Å². The van der Waals surface area contributed by atoms with E-state index in [4.69, 9.17) is 4.74 Å². The molecule has 0 saturated carbocycles. The van der Waals surface area contributed by atoms with Crippen LogP contribution in [-0.4, -0.2) is 35.0 Å². The van der Waals surface area contributed by atoms with Gasteiger partial charge in [-0.1, -0.05) is 18.2 Å². The van der Waals surface area contributed by atoms with Gasteiger partial charge in [0.2, 0.25) is 10.0 Å². The zero-order valence-corrected chi connectivity index (χ0v) is 15.1. The number of hydrogen-bond donors (Lipinski definition) is 2. The van der Waals surface area contributed by atoms with Crippen LogP contribution in [0.15, 0.2) is 53.4 Å². The summed E-state index contributed by atoms with van der Waals surface area (Å²) in [6.45, 7) is 0.499. The fourth-order valence-electron chi connectivity index (χ4n) is 2.35. The van der Waals surface area contributed by atoms with Gasteiger partial charge in [0.25, 0.3) is 5.91 Å². The van der Waals surface area contributed by atoms with Crippen LogP contribution in [0.3, 0.4) is 0 Å². The summed E-state index contributed by atoms with van der Waals surface area (Å²) in [5, 5.41) is 2.81. The van der Waals surface area contributed by atoms with Crippen molar-refractivity contribution in [2.45, 2.75) is 17.7 Å². The fourth-order valence-corrected chi connectivity index (χ4v) is 3.12. The van der Waals surface area contributed by atoms with Crippen LogP contribution in [0.5, 0.6) is 5.75 Å². The molecular formula is C18H22N2O4S. The summed E-state index contributed by atoms with van der Waals surface area (Å²) in [5.74, 6) is 0.517. The summed E-state index contributed by atoms with van der Waals surface area (Å²) >= 11 is 0. The summed E-state index contributed by atoms with van der Waals surface area (Å²) < 4.78 is 31.0. The van der Waals surface area contributed by atoms with Crippen molar-refractivity contribution < 1.29 is 17.9 Å². The smallest absolute Gasteiger partial charge is 0.251 e. The Hall–Kier alpha value is -2.38. The Morgan fingerprint density at radius 1 is 1.12 bits per heavy atom. The molecule has 0 aromatic heterocycles. The molecule has 2 aromatic rings. The van der Waals surface area contributed by atoms with Crippen LogP contribution in [0.1, 0.15) is 22.3 Å². The summed E-state index contributed by atoms with van der Waals surface area (Å²) in [6, 6.07) is 13.7. The van der Waals surface area contributed by atoms with E-state index in [0.717, 1.165) is 24.2 Å². The number of benzene rings is 2. The molecule has 0 radical (unpaired) electrons. The number of aryl methyl sites for hydroxylation is 1. The lowest BCUT2D eigenvalue weighted by Crippen LogP contribution is -2.25. The molecule has 1 amide bonds. The standard InChI is InChI=1S/C18H22N2O4S/c1-19-25(22,23)17-10-4-8-15(13-17)18(21)20-11-5-7-14-6-3-9-16(12-14)24-2/h3-4,6,8-10,12-13,19H,5,7,11H2,1-2H3,(H,20,21). The Kier molecular flexibility index (Phi) is 6.55. The zero-order valence-electron chi connectivity index (χ0n) is 14.3. The van der Waals surface area contributed by atoms with Crippen molar-refractivity contribution in [2.24, 2.45) is 0 Å². The van der Waals surface area contributed by atoms with Crippen molar-refractivity contribution in [1.29, 1.82) is 0 Å². The molecule has 0 atom stereocenters. The Bertz CT molecular complexity index is 834. The molecule has 0 aliphatic carbocycles. The predicted molar refractivity (Wildman–Crippen MR) is 96.3 cm³/mol. The molecule has 0 fully saturated rings. The predicted octanol–water partition coefficient (Wildman–Crippen LogP) is 1.97. The molecule has 2 aromatic carbocycles. The van der Waals surface area contributed by atoms with Gasteiger partial charge in [-0.2, -0.15) is 0 Å². The first kappa shape index (κ1) is 19.0. The van der Waals surface area contributed by atoms with Crippen LogP contribution in [0.25, 0.3) is 0 Å². The number of nitrogens with one attached hydrogen (secondary N) is 2. The summed E-state index contributed by atoms with van der Waals surface area (Å²) in [4.78, 5) is 12.2. The van der Waals surface area contributed by atoms with Gasteiger partial charge in [0.15, 0.2) is 0 Å². The van der Waals surface area contributed by atoms with E-state index in [1.807, 2.05) is 24.3 Å². The summed E-state index contributed by atoms with van der Waals surface area (Å²) in [7, 11) is -0.603. The van der Waals surface area contributed by atoms with E-state index in [1.165, 1.54) is 19.2 Å². The number of carbonyl (C=O) groups is 1. The first-order valence-corrected chi connectivity index (χ1v) is 9.39. The largest absolute Gasteiger partial charge is 0.497 e. The van der Waals surface area contributed by atoms with E-state index in [9.17, 15) is 13.2 Å². The van der Waals surface area contributed by atoms with Crippen LogP contribution in [-0.2, 0) is 16.4 Å². The van der Waals surface area contributed by atoms with E-state index in [0.29, 0.717) is 12.1 Å². The van der Waals surface area contributed by atoms with Gasteiger partial charge < -0.3 is 10.1 Å². The average Bonchev–Trinajstić information content (AvgIpc) is 2.65. The zero-order chi connectivity index (χ0) is 18.3. The lowest BCUT2D eigenvalue weighted by Gasteiger charge is -2.08. The van der Waals surface area contributed by atoms with Crippen molar-refractivity contribution in [3.63, 3.8) is 0 Å². The molecule has 0 heterocycles. The molecular weight excluding hydrogens is 340 g/mol. The van der Waals surface area contributed by atoms with Gasteiger partial charge in [0, 0.05) is 12.1 Å². The first-order valence-electron chi connectivity index (χ1n) is 7.91. The van der Waals surface area contributed by atoms with Crippen molar-refractivity contribution in [3.05, 3.63) is 59.7 Å². The Balaban J connectivity index is 1.89. The van der Waals surface area contributed by atoms with Crippen LogP contribution in [0, 0.1) is 0 Å². The van der Waals surface area contributed by atoms with Gasteiger partial charge in [0.05, 0.1) is 12.0 Å². The maximum Gasteiger partial charge on any atom is 0.251 e. The Labute approximate surface area is 148 Å². The van der Waals surface area contributed by atoms with Crippen LogP contribution in [0.4, 0.5) is 0 Å².